The molecule has 1 amide bonds. The quantitative estimate of drug-likeness (QED) is 0.783. The lowest BCUT2D eigenvalue weighted by atomic mass is 10.2. The van der Waals surface area contributed by atoms with Gasteiger partial charge in [0, 0.05) is 37.9 Å². The van der Waals surface area contributed by atoms with E-state index in [-0.39, 0.29) is 5.91 Å². The summed E-state index contributed by atoms with van der Waals surface area (Å²) >= 11 is 0. The van der Waals surface area contributed by atoms with Gasteiger partial charge in [0.1, 0.15) is 0 Å². The van der Waals surface area contributed by atoms with Gasteiger partial charge in [0.05, 0.1) is 11.9 Å². The van der Waals surface area contributed by atoms with E-state index in [1.54, 1.807) is 37.1 Å². The van der Waals surface area contributed by atoms with E-state index < -0.39 is 0 Å². The fourth-order valence-corrected chi connectivity index (χ4v) is 1.64. The Bertz CT molecular complexity index is 467. The zero-order valence-electron chi connectivity index (χ0n) is 10.1. The summed E-state index contributed by atoms with van der Waals surface area (Å²) in [7, 11) is 0. The third kappa shape index (κ3) is 3.69. The first-order valence-electron chi connectivity index (χ1n) is 6.00. The predicted octanol–water partition coefficient (Wildman–Crippen LogP) is 1.49. The molecule has 2 aromatic rings. The summed E-state index contributed by atoms with van der Waals surface area (Å²) in [5, 5.41) is 2.88. The maximum absolute atomic E-state index is 11.7. The molecule has 5 heteroatoms. The number of imidazole rings is 1. The van der Waals surface area contributed by atoms with E-state index in [9.17, 15) is 4.79 Å². The lowest BCUT2D eigenvalue weighted by molar-refractivity contribution is 0.0952. The van der Waals surface area contributed by atoms with E-state index in [4.69, 9.17) is 0 Å². The summed E-state index contributed by atoms with van der Waals surface area (Å²) in [6, 6.07) is 3.52. The standard InChI is InChI=1S/C13H16N4O/c18-13(12-4-3-5-14-10-12)16-6-1-2-8-17-9-7-15-11-17/h3-5,7,9-11H,1-2,6,8H2,(H,16,18). The van der Waals surface area contributed by atoms with Gasteiger partial charge in [-0.3, -0.25) is 9.78 Å². The first kappa shape index (κ1) is 12.3. The van der Waals surface area contributed by atoms with Crippen LogP contribution in [-0.4, -0.2) is 27.0 Å². The fraction of sp³-hybridized carbons (Fsp3) is 0.308. The van der Waals surface area contributed by atoms with Crippen molar-refractivity contribution in [2.75, 3.05) is 6.54 Å². The third-order valence-corrected chi connectivity index (χ3v) is 2.61. The smallest absolute Gasteiger partial charge is 0.252 e. The molecule has 0 atom stereocenters. The van der Waals surface area contributed by atoms with Gasteiger partial charge in [-0.15, -0.1) is 0 Å². The van der Waals surface area contributed by atoms with Crippen molar-refractivity contribution < 1.29 is 4.79 Å². The number of unbranched alkanes of at least 4 members (excludes halogenated alkanes) is 1. The molecule has 2 heterocycles. The number of hydrogen-bond donors (Lipinski definition) is 1. The molecule has 0 aliphatic carbocycles. The lowest BCUT2D eigenvalue weighted by Gasteiger charge is -2.05. The maximum Gasteiger partial charge on any atom is 0.252 e. The van der Waals surface area contributed by atoms with E-state index in [2.05, 4.69) is 15.3 Å². The van der Waals surface area contributed by atoms with Gasteiger partial charge in [-0.25, -0.2) is 4.98 Å². The minimum absolute atomic E-state index is 0.0641. The molecule has 0 saturated heterocycles. The van der Waals surface area contributed by atoms with Crippen molar-refractivity contribution in [3.63, 3.8) is 0 Å². The van der Waals surface area contributed by atoms with E-state index in [0.717, 1.165) is 19.4 Å². The van der Waals surface area contributed by atoms with Gasteiger partial charge < -0.3 is 9.88 Å². The highest BCUT2D eigenvalue weighted by Gasteiger charge is 2.03. The molecule has 0 unspecified atom stereocenters. The van der Waals surface area contributed by atoms with Crippen molar-refractivity contribution in [1.29, 1.82) is 0 Å². The summed E-state index contributed by atoms with van der Waals surface area (Å²) in [6.07, 6.45) is 10.7. The molecule has 5 nitrogen and oxygen atoms in total. The van der Waals surface area contributed by atoms with Crippen molar-refractivity contribution >= 4 is 5.91 Å². The molecule has 0 aromatic carbocycles. The van der Waals surface area contributed by atoms with Crippen molar-refractivity contribution in [3.05, 3.63) is 48.8 Å². The van der Waals surface area contributed by atoms with Gasteiger partial charge in [0.25, 0.3) is 5.91 Å². The highest BCUT2D eigenvalue weighted by molar-refractivity contribution is 5.93. The van der Waals surface area contributed by atoms with Gasteiger partial charge in [-0.2, -0.15) is 0 Å². The van der Waals surface area contributed by atoms with Crippen LogP contribution in [0.2, 0.25) is 0 Å². The largest absolute Gasteiger partial charge is 0.352 e. The highest BCUT2D eigenvalue weighted by Crippen LogP contribution is 1.97. The van der Waals surface area contributed by atoms with Crippen LogP contribution in [-0.2, 0) is 6.54 Å². The van der Waals surface area contributed by atoms with E-state index in [0.29, 0.717) is 12.1 Å². The van der Waals surface area contributed by atoms with Crippen LogP contribution in [0.3, 0.4) is 0 Å². The van der Waals surface area contributed by atoms with Crippen molar-refractivity contribution in [2.45, 2.75) is 19.4 Å². The Morgan fingerprint density at radius 3 is 2.94 bits per heavy atom. The fourth-order valence-electron chi connectivity index (χ4n) is 1.64. The third-order valence-electron chi connectivity index (χ3n) is 2.61. The number of carbonyl (C=O) groups is 1. The molecular formula is C13H16N4O. The lowest BCUT2D eigenvalue weighted by Crippen LogP contribution is -2.24. The monoisotopic (exact) mass is 244 g/mol. The van der Waals surface area contributed by atoms with E-state index >= 15 is 0 Å². The molecular weight excluding hydrogens is 228 g/mol. The van der Waals surface area contributed by atoms with Crippen LogP contribution in [0.15, 0.2) is 43.2 Å². The van der Waals surface area contributed by atoms with Crippen LogP contribution >= 0.6 is 0 Å². The number of aromatic nitrogens is 3. The minimum atomic E-state index is -0.0641. The van der Waals surface area contributed by atoms with Gasteiger partial charge in [0.2, 0.25) is 0 Å². The minimum Gasteiger partial charge on any atom is -0.352 e. The Labute approximate surface area is 106 Å². The highest BCUT2D eigenvalue weighted by atomic mass is 16.1. The first-order valence-corrected chi connectivity index (χ1v) is 6.00. The molecule has 94 valence electrons. The molecule has 0 aliphatic rings. The van der Waals surface area contributed by atoms with Crippen LogP contribution in [0.5, 0.6) is 0 Å². The maximum atomic E-state index is 11.7. The molecule has 2 rings (SSSR count). The zero-order chi connectivity index (χ0) is 12.6. The van der Waals surface area contributed by atoms with Crippen molar-refractivity contribution in [3.8, 4) is 0 Å². The van der Waals surface area contributed by atoms with Crippen molar-refractivity contribution in [1.82, 2.24) is 19.9 Å². The SMILES string of the molecule is O=C(NCCCCn1ccnc1)c1cccnc1. The normalized spacial score (nSPS) is 10.2. The first-order chi connectivity index (χ1) is 8.86. The Morgan fingerprint density at radius 2 is 2.22 bits per heavy atom. The Hall–Kier alpha value is -2.17. The van der Waals surface area contributed by atoms with Crippen molar-refractivity contribution in [2.24, 2.45) is 0 Å². The number of rotatable bonds is 6. The van der Waals surface area contributed by atoms with Gasteiger partial charge in [-0.05, 0) is 25.0 Å². The second kappa shape index (κ2) is 6.54. The molecule has 0 spiro atoms. The summed E-state index contributed by atoms with van der Waals surface area (Å²) in [4.78, 5) is 19.6. The Balaban J connectivity index is 1.62. The average Bonchev–Trinajstić information content (AvgIpc) is 2.92. The number of amides is 1. The van der Waals surface area contributed by atoms with Gasteiger partial charge in [0.15, 0.2) is 0 Å². The summed E-state index contributed by atoms with van der Waals surface area (Å²) in [5.74, 6) is -0.0641. The molecule has 2 aromatic heterocycles. The molecule has 0 fully saturated rings. The molecule has 0 saturated carbocycles. The topological polar surface area (TPSA) is 59.8 Å². The Morgan fingerprint density at radius 1 is 1.28 bits per heavy atom. The molecule has 0 radical (unpaired) electrons. The number of pyridine rings is 1. The predicted molar refractivity (Wildman–Crippen MR) is 68.0 cm³/mol. The van der Waals surface area contributed by atoms with Crippen LogP contribution in [0.25, 0.3) is 0 Å². The molecule has 0 bridgehead atoms. The molecule has 1 N–H and O–H groups in total. The van der Waals surface area contributed by atoms with E-state index in [1.165, 1.54) is 0 Å². The number of hydrogen-bond acceptors (Lipinski definition) is 3. The number of carbonyl (C=O) groups excluding carboxylic acids is 1. The van der Waals surface area contributed by atoms with Crippen LogP contribution in [0, 0.1) is 0 Å². The number of nitrogens with zero attached hydrogens (tertiary/aromatic N) is 3. The average molecular weight is 244 g/mol. The number of nitrogens with one attached hydrogen (secondary N) is 1. The summed E-state index contributed by atoms with van der Waals surface area (Å²) < 4.78 is 2.03. The number of aryl methyl sites for hydroxylation is 1. The second-order valence-corrected chi connectivity index (χ2v) is 4.01. The van der Waals surface area contributed by atoms with E-state index in [1.807, 2.05) is 10.8 Å². The summed E-state index contributed by atoms with van der Waals surface area (Å²) in [5.41, 5.74) is 0.604. The van der Waals surface area contributed by atoms with Crippen LogP contribution < -0.4 is 5.32 Å². The molecule has 18 heavy (non-hydrogen) atoms. The van der Waals surface area contributed by atoms with Crippen LogP contribution in [0.4, 0.5) is 0 Å². The second-order valence-electron chi connectivity index (χ2n) is 4.01. The zero-order valence-corrected chi connectivity index (χ0v) is 10.1. The van der Waals surface area contributed by atoms with Gasteiger partial charge >= 0.3 is 0 Å². The summed E-state index contributed by atoms with van der Waals surface area (Å²) in [6.45, 7) is 1.62. The van der Waals surface area contributed by atoms with Gasteiger partial charge in [-0.1, -0.05) is 0 Å². The Kier molecular flexibility index (Phi) is 4.46. The van der Waals surface area contributed by atoms with Crippen LogP contribution in [0.1, 0.15) is 23.2 Å². The molecule has 0 aliphatic heterocycles.